The lowest BCUT2D eigenvalue weighted by molar-refractivity contribution is -0.136. The first-order valence-electron chi connectivity index (χ1n) is 6.70. The summed E-state index contributed by atoms with van der Waals surface area (Å²) < 4.78 is 43.5. The van der Waals surface area contributed by atoms with Crippen molar-refractivity contribution in [1.29, 1.82) is 0 Å². The number of halogens is 3. The third kappa shape index (κ3) is 4.10. The number of alkyl halides is 3. The zero-order valence-corrected chi connectivity index (χ0v) is 11.9. The number of Topliss-reactive ketones (excluding diaryl/α,β-unsaturated/α-hetero) is 1. The monoisotopic (exact) mass is 308 g/mol. The highest BCUT2D eigenvalue weighted by Crippen LogP contribution is 2.34. The Morgan fingerprint density at radius 1 is 1.05 bits per heavy atom. The topological polar surface area (TPSA) is 26.3 Å². The summed E-state index contributed by atoms with van der Waals surface area (Å²) in [6.07, 6.45) is -5.61. The number of hydrogen-bond acceptors (Lipinski definition) is 2. The molecule has 0 aliphatic carbocycles. The molecule has 0 aromatic heterocycles. The molecule has 0 bridgehead atoms. The van der Waals surface area contributed by atoms with E-state index in [1.807, 2.05) is 0 Å². The fraction of sp³-hybridized carbons (Fsp3) is 0.235. The molecule has 0 fully saturated rings. The molecule has 2 nitrogen and oxygen atoms in total. The average molecular weight is 308 g/mol. The molecule has 116 valence electrons. The summed E-state index contributed by atoms with van der Waals surface area (Å²) in [5.74, 6) is -1.27. The van der Waals surface area contributed by atoms with Gasteiger partial charge in [-0.05, 0) is 17.7 Å². The quantitative estimate of drug-likeness (QED) is 0.754. The third-order valence-corrected chi connectivity index (χ3v) is 3.33. The van der Waals surface area contributed by atoms with Crippen LogP contribution in [0.5, 0.6) is 5.75 Å². The molecule has 0 N–H and O–H groups in total. The maximum Gasteiger partial charge on any atom is 0.390 e. The van der Waals surface area contributed by atoms with Crippen LogP contribution in [0.4, 0.5) is 13.2 Å². The second kappa shape index (κ2) is 6.64. The van der Waals surface area contributed by atoms with E-state index in [1.165, 1.54) is 31.4 Å². The summed E-state index contributed by atoms with van der Waals surface area (Å²) in [4.78, 5) is 12.4. The van der Waals surface area contributed by atoms with Gasteiger partial charge in [-0.2, -0.15) is 13.2 Å². The second-order valence-electron chi connectivity index (χ2n) is 4.88. The largest absolute Gasteiger partial charge is 0.497 e. The van der Waals surface area contributed by atoms with Gasteiger partial charge in [-0.25, -0.2) is 0 Å². The highest BCUT2D eigenvalue weighted by Gasteiger charge is 2.36. The number of rotatable bonds is 5. The normalized spacial score (nSPS) is 12.7. The van der Waals surface area contributed by atoms with Crippen LogP contribution in [0.3, 0.4) is 0 Å². The lowest BCUT2D eigenvalue weighted by Crippen LogP contribution is -2.21. The van der Waals surface area contributed by atoms with Crippen LogP contribution in [-0.4, -0.2) is 19.1 Å². The van der Waals surface area contributed by atoms with Crippen LogP contribution in [-0.2, 0) is 0 Å². The van der Waals surface area contributed by atoms with Crippen LogP contribution >= 0.6 is 0 Å². The molecule has 0 spiro atoms. The molecule has 0 aliphatic rings. The van der Waals surface area contributed by atoms with Gasteiger partial charge in [0.15, 0.2) is 5.78 Å². The van der Waals surface area contributed by atoms with Crippen molar-refractivity contribution in [3.8, 4) is 5.75 Å². The maximum absolute atomic E-state index is 12.8. The Kier molecular flexibility index (Phi) is 4.85. The Morgan fingerprint density at radius 2 is 1.64 bits per heavy atom. The lowest BCUT2D eigenvalue weighted by Gasteiger charge is -2.18. The number of carbonyl (C=O) groups is 1. The van der Waals surface area contributed by atoms with Gasteiger partial charge in [0.05, 0.1) is 19.4 Å². The summed E-state index contributed by atoms with van der Waals surface area (Å²) in [5, 5.41) is 0. The standard InChI is InChI=1S/C17H15F3O2/c1-22-14-9-7-12(8-10-14)15(11-17(18,19)20)16(21)13-5-3-2-4-6-13/h2-10,15H,11H2,1H3. The number of ether oxygens (including phenoxy) is 1. The Morgan fingerprint density at radius 3 is 2.14 bits per heavy atom. The minimum absolute atomic E-state index is 0.271. The van der Waals surface area contributed by atoms with E-state index in [9.17, 15) is 18.0 Å². The molecule has 0 aliphatic heterocycles. The summed E-state index contributed by atoms with van der Waals surface area (Å²) in [6, 6.07) is 14.1. The molecule has 0 saturated carbocycles. The van der Waals surface area contributed by atoms with Crippen LogP contribution in [0.25, 0.3) is 0 Å². The molecule has 1 atom stereocenters. The van der Waals surface area contributed by atoms with Crippen molar-refractivity contribution >= 4 is 5.78 Å². The zero-order chi connectivity index (χ0) is 16.2. The maximum atomic E-state index is 12.8. The third-order valence-electron chi connectivity index (χ3n) is 3.33. The number of carbonyl (C=O) groups excluding carboxylic acids is 1. The van der Waals surface area contributed by atoms with Gasteiger partial charge < -0.3 is 4.74 Å². The number of hydrogen-bond donors (Lipinski definition) is 0. The van der Waals surface area contributed by atoms with Crippen molar-refractivity contribution in [3.63, 3.8) is 0 Å². The van der Waals surface area contributed by atoms with E-state index in [0.717, 1.165) is 0 Å². The van der Waals surface area contributed by atoms with Crippen molar-refractivity contribution in [3.05, 3.63) is 65.7 Å². The smallest absolute Gasteiger partial charge is 0.390 e. The highest BCUT2D eigenvalue weighted by molar-refractivity contribution is 6.01. The van der Waals surface area contributed by atoms with Crippen LogP contribution in [0, 0.1) is 0 Å². The highest BCUT2D eigenvalue weighted by atomic mass is 19.4. The van der Waals surface area contributed by atoms with Crippen LogP contribution in [0.15, 0.2) is 54.6 Å². The molecule has 0 radical (unpaired) electrons. The van der Waals surface area contributed by atoms with Crippen LogP contribution in [0.2, 0.25) is 0 Å². The van der Waals surface area contributed by atoms with Gasteiger partial charge in [0.1, 0.15) is 5.75 Å². The van der Waals surface area contributed by atoms with Gasteiger partial charge in [-0.1, -0.05) is 42.5 Å². The van der Waals surface area contributed by atoms with E-state index in [4.69, 9.17) is 4.74 Å². The van der Waals surface area contributed by atoms with Crippen molar-refractivity contribution in [2.45, 2.75) is 18.5 Å². The van der Waals surface area contributed by atoms with E-state index in [2.05, 4.69) is 0 Å². The SMILES string of the molecule is COc1ccc(C(CC(F)(F)F)C(=O)c2ccccc2)cc1. The average Bonchev–Trinajstić information content (AvgIpc) is 2.52. The van der Waals surface area contributed by atoms with E-state index < -0.39 is 24.3 Å². The van der Waals surface area contributed by atoms with E-state index in [-0.39, 0.29) is 5.56 Å². The van der Waals surface area contributed by atoms with Gasteiger partial charge in [0, 0.05) is 5.56 Å². The molecule has 1 unspecified atom stereocenters. The fourth-order valence-electron chi connectivity index (χ4n) is 2.23. The predicted molar refractivity (Wildman–Crippen MR) is 77.2 cm³/mol. The Hall–Kier alpha value is -2.30. The summed E-state index contributed by atoms with van der Waals surface area (Å²) >= 11 is 0. The summed E-state index contributed by atoms with van der Waals surface area (Å²) in [7, 11) is 1.47. The molecular formula is C17H15F3O2. The number of ketones is 1. The first kappa shape index (κ1) is 16.1. The number of benzene rings is 2. The molecule has 0 heterocycles. The fourth-order valence-corrected chi connectivity index (χ4v) is 2.23. The van der Waals surface area contributed by atoms with Gasteiger partial charge >= 0.3 is 6.18 Å². The van der Waals surface area contributed by atoms with E-state index in [0.29, 0.717) is 11.3 Å². The first-order valence-corrected chi connectivity index (χ1v) is 6.70. The predicted octanol–water partition coefficient (Wildman–Crippen LogP) is 4.61. The van der Waals surface area contributed by atoms with Crippen molar-refractivity contribution in [1.82, 2.24) is 0 Å². The van der Waals surface area contributed by atoms with Gasteiger partial charge in [0.25, 0.3) is 0 Å². The van der Waals surface area contributed by atoms with Crippen LogP contribution < -0.4 is 4.74 Å². The lowest BCUT2D eigenvalue weighted by atomic mass is 9.88. The molecule has 2 rings (SSSR count). The Bertz CT molecular complexity index is 619. The van der Waals surface area contributed by atoms with Gasteiger partial charge in [-0.3, -0.25) is 4.79 Å². The van der Waals surface area contributed by atoms with Gasteiger partial charge in [-0.15, -0.1) is 0 Å². The summed E-state index contributed by atoms with van der Waals surface area (Å²) in [6.45, 7) is 0. The minimum Gasteiger partial charge on any atom is -0.497 e. The van der Waals surface area contributed by atoms with E-state index >= 15 is 0 Å². The molecular weight excluding hydrogens is 293 g/mol. The van der Waals surface area contributed by atoms with Crippen molar-refractivity contribution in [2.75, 3.05) is 7.11 Å². The van der Waals surface area contributed by atoms with Crippen molar-refractivity contribution < 1.29 is 22.7 Å². The molecule has 2 aromatic carbocycles. The summed E-state index contributed by atoms with van der Waals surface area (Å²) in [5.41, 5.74) is 0.597. The van der Waals surface area contributed by atoms with Crippen LogP contribution in [0.1, 0.15) is 28.3 Å². The second-order valence-corrected chi connectivity index (χ2v) is 4.88. The molecule has 5 heteroatoms. The first-order chi connectivity index (χ1) is 10.4. The molecule has 22 heavy (non-hydrogen) atoms. The molecule has 0 amide bonds. The number of methoxy groups -OCH3 is 1. The Labute approximate surface area is 126 Å². The molecule has 2 aromatic rings. The zero-order valence-electron chi connectivity index (χ0n) is 11.9. The minimum atomic E-state index is -4.42. The van der Waals surface area contributed by atoms with Crippen molar-refractivity contribution in [2.24, 2.45) is 0 Å². The van der Waals surface area contributed by atoms with Gasteiger partial charge in [0.2, 0.25) is 0 Å². The molecule has 0 saturated heterocycles. The Balaban J connectivity index is 2.35. The van der Waals surface area contributed by atoms with E-state index in [1.54, 1.807) is 30.3 Å².